The first-order valence-electron chi connectivity index (χ1n) is 8.03. The minimum absolute atomic E-state index is 0.287. The van der Waals surface area contributed by atoms with Crippen LogP contribution in [0.25, 0.3) is 0 Å². The van der Waals surface area contributed by atoms with Gasteiger partial charge in [-0.15, -0.1) is 10.2 Å². The molecule has 0 saturated carbocycles. The highest BCUT2D eigenvalue weighted by Crippen LogP contribution is 2.32. The van der Waals surface area contributed by atoms with Crippen LogP contribution in [-0.4, -0.2) is 21.4 Å². The maximum absolute atomic E-state index is 11.3. The molecule has 2 aromatic carbocycles. The summed E-state index contributed by atoms with van der Waals surface area (Å²) in [4.78, 5) is 11.3. The Balaban J connectivity index is 1.60. The van der Waals surface area contributed by atoms with Crippen molar-refractivity contribution in [1.29, 1.82) is 0 Å². The Morgan fingerprint density at radius 1 is 1.15 bits per heavy atom. The van der Waals surface area contributed by atoms with Crippen LogP contribution in [0.4, 0.5) is 10.8 Å². The van der Waals surface area contributed by atoms with Crippen LogP contribution in [-0.2, 0) is 4.79 Å². The highest BCUT2D eigenvalue weighted by atomic mass is 32.2. The third kappa shape index (κ3) is 4.96. The lowest BCUT2D eigenvalue weighted by Gasteiger charge is -2.07. The summed E-state index contributed by atoms with van der Waals surface area (Å²) in [5.41, 5.74) is 6.24. The van der Waals surface area contributed by atoms with Gasteiger partial charge in [0.2, 0.25) is 11.0 Å². The third-order valence-corrected chi connectivity index (χ3v) is 5.73. The number of hydrogen-bond acceptors (Lipinski definition) is 7. The van der Waals surface area contributed by atoms with Gasteiger partial charge in [-0.05, 0) is 42.8 Å². The molecule has 0 spiro atoms. The lowest BCUT2D eigenvalue weighted by molar-refractivity contribution is -0.117. The number of anilines is 2. The predicted molar refractivity (Wildman–Crippen MR) is 105 cm³/mol. The molecule has 0 fully saturated rings. The van der Waals surface area contributed by atoms with E-state index in [0.717, 1.165) is 17.2 Å². The van der Waals surface area contributed by atoms with Crippen molar-refractivity contribution in [3.63, 3.8) is 0 Å². The number of nitrogens with two attached hydrogens (primary N) is 1. The molecule has 1 atom stereocenters. The minimum Gasteiger partial charge on any atom is -0.457 e. The summed E-state index contributed by atoms with van der Waals surface area (Å²) >= 11 is 2.73. The monoisotopic (exact) mass is 386 g/mol. The fourth-order valence-corrected chi connectivity index (χ4v) is 4.02. The van der Waals surface area contributed by atoms with E-state index in [1.807, 2.05) is 61.5 Å². The Morgan fingerprint density at radius 3 is 2.50 bits per heavy atom. The largest absolute Gasteiger partial charge is 0.457 e. The van der Waals surface area contributed by atoms with Gasteiger partial charge in [-0.2, -0.15) is 0 Å². The number of primary amides is 1. The van der Waals surface area contributed by atoms with E-state index in [2.05, 4.69) is 15.5 Å². The normalized spacial score (nSPS) is 11.7. The lowest BCUT2D eigenvalue weighted by atomic mass is 10.3. The fraction of sp³-hybridized carbons (Fsp3) is 0.167. The Labute approximate surface area is 159 Å². The first-order chi connectivity index (χ1) is 12.6. The lowest BCUT2D eigenvalue weighted by Crippen LogP contribution is -2.24. The number of aromatic nitrogens is 2. The number of benzene rings is 2. The van der Waals surface area contributed by atoms with Gasteiger partial charge in [0.1, 0.15) is 11.5 Å². The number of nitrogens with zero attached hydrogens (tertiary/aromatic N) is 2. The topological polar surface area (TPSA) is 90.1 Å². The zero-order valence-corrected chi connectivity index (χ0v) is 15.7. The quantitative estimate of drug-likeness (QED) is 0.557. The molecular weight excluding hydrogens is 368 g/mol. The van der Waals surface area contributed by atoms with Gasteiger partial charge in [-0.3, -0.25) is 4.79 Å². The van der Waals surface area contributed by atoms with Crippen molar-refractivity contribution >= 4 is 39.8 Å². The van der Waals surface area contributed by atoms with E-state index < -0.39 is 0 Å². The molecule has 8 heteroatoms. The van der Waals surface area contributed by atoms with Crippen LogP contribution >= 0.6 is 23.1 Å². The molecule has 1 amide bonds. The number of rotatable bonds is 8. The summed E-state index contributed by atoms with van der Waals surface area (Å²) in [6, 6.07) is 17.2. The van der Waals surface area contributed by atoms with E-state index in [0.29, 0.717) is 15.9 Å². The van der Waals surface area contributed by atoms with Gasteiger partial charge in [0, 0.05) is 5.69 Å². The second kappa shape index (κ2) is 8.68. The maximum atomic E-state index is 11.3. The van der Waals surface area contributed by atoms with Gasteiger partial charge in [0.25, 0.3) is 0 Å². The summed E-state index contributed by atoms with van der Waals surface area (Å²) in [7, 11) is 0. The second-order valence-corrected chi connectivity index (χ2v) is 7.78. The SMILES string of the molecule is CCC(Sc1nnc(Nc2ccc(Oc3ccccc3)cc2)s1)C(N)=O. The van der Waals surface area contributed by atoms with E-state index in [-0.39, 0.29) is 11.2 Å². The van der Waals surface area contributed by atoms with E-state index in [1.165, 1.54) is 23.1 Å². The van der Waals surface area contributed by atoms with E-state index in [9.17, 15) is 4.79 Å². The first-order valence-corrected chi connectivity index (χ1v) is 9.73. The molecule has 0 aliphatic rings. The van der Waals surface area contributed by atoms with Gasteiger partial charge in [0.15, 0.2) is 4.34 Å². The van der Waals surface area contributed by atoms with Crippen LogP contribution in [0.1, 0.15) is 13.3 Å². The standard InChI is InChI=1S/C18H18N4O2S2/c1-2-15(16(19)23)25-18-22-21-17(26-18)20-12-8-10-14(11-9-12)24-13-6-4-3-5-7-13/h3-11,15H,2H2,1H3,(H2,19,23)(H,20,21). The minimum atomic E-state index is -0.337. The maximum Gasteiger partial charge on any atom is 0.230 e. The number of carbonyl (C=O) groups excluding carboxylic acids is 1. The predicted octanol–water partition coefficient (Wildman–Crippen LogP) is 4.43. The molecule has 0 aliphatic carbocycles. The van der Waals surface area contributed by atoms with Gasteiger partial charge >= 0.3 is 0 Å². The first kappa shape index (κ1) is 18.2. The van der Waals surface area contributed by atoms with Gasteiger partial charge in [-0.25, -0.2) is 0 Å². The van der Waals surface area contributed by atoms with Gasteiger partial charge < -0.3 is 15.8 Å². The number of para-hydroxylation sites is 1. The molecule has 134 valence electrons. The number of carbonyl (C=O) groups is 1. The van der Waals surface area contributed by atoms with Crippen LogP contribution in [0.15, 0.2) is 58.9 Å². The summed E-state index contributed by atoms with van der Waals surface area (Å²) < 4.78 is 6.48. The molecular formula is C18H18N4O2S2. The van der Waals surface area contributed by atoms with E-state index in [4.69, 9.17) is 10.5 Å². The Bertz CT molecular complexity index is 853. The number of ether oxygens (including phenoxy) is 1. The van der Waals surface area contributed by atoms with Crippen molar-refractivity contribution in [2.75, 3.05) is 5.32 Å². The number of hydrogen-bond donors (Lipinski definition) is 2. The van der Waals surface area contributed by atoms with Gasteiger partial charge in [-0.1, -0.05) is 48.2 Å². The van der Waals surface area contributed by atoms with Crippen molar-refractivity contribution in [3.05, 3.63) is 54.6 Å². The van der Waals surface area contributed by atoms with Crippen molar-refractivity contribution in [3.8, 4) is 11.5 Å². The molecule has 1 unspecified atom stereocenters. The summed E-state index contributed by atoms with van der Waals surface area (Å²) in [6.45, 7) is 1.92. The van der Waals surface area contributed by atoms with E-state index in [1.54, 1.807) is 0 Å². The molecule has 3 rings (SSSR count). The Hall–Kier alpha value is -2.58. The average molecular weight is 387 g/mol. The van der Waals surface area contributed by atoms with Crippen LogP contribution < -0.4 is 15.8 Å². The molecule has 3 N–H and O–H groups in total. The van der Waals surface area contributed by atoms with Gasteiger partial charge in [0.05, 0.1) is 5.25 Å². The zero-order valence-electron chi connectivity index (χ0n) is 14.1. The molecule has 1 heterocycles. The Kier molecular flexibility index (Phi) is 6.08. The fourth-order valence-electron chi connectivity index (χ4n) is 2.13. The number of thioether (sulfide) groups is 1. The molecule has 26 heavy (non-hydrogen) atoms. The average Bonchev–Trinajstić information content (AvgIpc) is 3.09. The van der Waals surface area contributed by atoms with Crippen LogP contribution in [0.3, 0.4) is 0 Å². The van der Waals surface area contributed by atoms with Crippen molar-refractivity contribution in [1.82, 2.24) is 10.2 Å². The number of nitrogens with one attached hydrogen (secondary N) is 1. The van der Waals surface area contributed by atoms with Crippen molar-refractivity contribution < 1.29 is 9.53 Å². The summed E-state index contributed by atoms with van der Waals surface area (Å²) in [6.07, 6.45) is 0.658. The zero-order chi connectivity index (χ0) is 18.4. The highest BCUT2D eigenvalue weighted by molar-refractivity contribution is 8.02. The molecule has 0 bridgehead atoms. The third-order valence-electron chi connectivity index (χ3n) is 3.42. The summed E-state index contributed by atoms with van der Waals surface area (Å²) in [5, 5.41) is 11.8. The van der Waals surface area contributed by atoms with Crippen molar-refractivity contribution in [2.45, 2.75) is 22.9 Å². The Morgan fingerprint density at radius 2 is 1.85 bits per heavy atom. The molecule has 0 saturated heterocycles. The number of amides is 1. The van der Waals surface area contributed by atoms with Crippen LogP contribution in [0.2, 0.25) is 0 Å². The van der Waals surface area contributed by atoms with Crippen LogP contribution in [0, 0.1) is 0 Å². The molecule has 0 aliphatic heterocycles. The second-order valence-electron chi connectivity index (χ2n) is 5.35. The molecule has 3 aromatic rings. The molecule has 1 aromatic heterocycles. The molecule has 0 radical (unpaired) electrons. The highest BCUT2D eigenvalue weighted by Gasteiger charge is 2.17. The smallest absolute Gasteiger partial charge is 0.230 e. The summed E-state index contributed by atoms with van der Waals surface area (Å²) in [5.74, 6) is 1.21. The van der Waals surface area contributed by atoms with E-state index >= 15 is 0 Å². The molecule has 6 nitrogen and oxygen atoms in total. The van der Waals surface area contributed by atoms with Crippen molar-refractivity contribution in [2.24, 2.45) is 5.73 Å². The van der Waals surface area contributed by atoms with Crippen LogP contribution in [0.5, 0.6) is 11.5 Å².